The molecule has 0 saturated heterocycles. The Labute approximate surface area is 240 Å². The quantitative estimate of drug-likeness (QED) is 0.176. The highest BCUT2D eigenvalue weighted by molar-refractivity contribution is 6.32. The predicted molar refractivity (Wildman–Crippen MR) is 163 cm³/mol. The van der Waals surface area contributed by atoms with Crippen molar-refractivity contribution in [2.75, 3.05) is 11.5 Å². The molecule has 0 spiro atoms. The van der Waals surface area contributed by atoms with Gasteiger partial charge >= 0.3 is 5.97 Å². The molecule has 0 atom stereocenters. The number of aryl methyl sites for hydroxylation is 4. The van der Waals surface area contributed by atoms with Crippen LogP contribution in [-0.4, -0.2) is 22.2 Å². The molecule has 0 bridgehead atoms. The van der Waals surface area contributed by atoms with E-state index < -0.39 is 5.97 Å². The molecule has 0 fully saturated rings. The smallest absolute Gasteiger partial charge is 0.352 e. The van der Waals surface area contributed by atoms with Gasteiger partial charge in [-0.3, -0.25) is 0 Å². The van der Waals surface area contributed by atoms with Crippen molar-refractivity contribution in [3.63, 3.8) is 0 Å². The molecule has 5 aromatic rings. The van der Waals surface area contributed by atoms with Gasteiger partial charge in [0.2, 0.25) is 0 Å². The summed E-state index contributed by atoms with van der Waals surface area (Å²) in [4.78, 5) is 14.4. The molecule has 5 nitrogen and oxygen atoms in total. The van der Waals surface area contributed by atoms with Crippen LogP contribution in [0.4, 0.5) is 11.4 Å². The average molecular weight is 553 g/mol. The van der Waals surface area contributed by atoms with Crippen LogP contribution in [0.2, 0.25) is 5.02 Å². The normalized spacial score (nSPS) is 11.1. The number of fused-ring (bicyclic) bond motifs is 1. The minimum atomic E-state index is -0.953. The first-order chi connectivity index (χ1) is 19.3. The lowest BCUT2D eigenvalue weighted by molar-refractivity contribution is 0.0684. The van der Waals surface area contributed by atoms with Gasteiger partial charge in [0, 0.05) is 30.0 Å². The van der Waals surface area contributed by atoms with E-state index in [0.29, 0.717) is 26.1 Å². The Balaban J connectivity index is 1.41. The number of aromatic carboxylic acids is 1. The Morgan fingerprint density at radius 1 is 0.900 bits per heavy atom. The van der Waals surface area contributed by atoms with Crippen molar-refractivity contribution < 1.29 is 14.6 Å². The van der Waals surface area contributed by atoms with E-state index in [-0.39, 0.29) is 5.69 Å². The van der Waals surface area contributed by atoms with Crippen LogP contribution in [0.1, 0.15) is 39.2 Å². The SMILES string of the molecule is Cc1cccc(N(Cc2cccc3ccccc23)c2cc(C(=O)O)n(CCCOc3cc(C)c(Cl)c(C)c3)c2)c1. The molecule has 5 rings (SSSR count). The molecule has 0 saturated carbocycles. The number of carboxylic acid groups (broad SMARTS) is 1. The summed E-state index contributed by atoms with van der Waals surface area (Å²) < 4.78 is 7.78. The zero-order chi connectivity index (χ0) is 28.2. The number of nitrogens with zero attached hydrogens (tertiary/aromatic N) is 2. The molecule has 0 aliphatic rings. The van der Waals surface area contributed by atoms with Gasteiger partial charge in [-0.25, -0.2) is 4.79 Å². The molecule has 204 valence electrons. The fraction of sp³-hybridized carbons (Fsp3) is 0.206. The van der Waals surface area contributed by atoms with Crippen molar-refractivity contribution in [3.05, 3.63) is 124 Å². The number of halogens is 1. The van der Waals surface area contributed by atoms with Crippen LogP contribution < -0.4 is 9.64 Å². The number of hydrogen-bond donors (Lipinski definition) is 1. The second-order valence-corrected chi connectivity index (χ2v) is 10.6. The summed E-state index contributed by atoms with van der Waals surface area (Å²) >= 11 is 6.28. The molecule has 0 aliphatic heterocycles. The Morgan fingerprint density at radius 2 is 1.62 bits per heavy atom. The highest BCUT2D eigenvalue weighted by Gasteiger charge is 2.19. The first kappa shape index (κ1) is 27.4. The zero-order valence-electron chi connectivity index (χ0n) is 23.0. The Morgan fingerprint density at radius 3 is 2.38 bits per heavy atom. The molecule has 6 heteroatoms. The highest BCUT2D eigenvalue weighted by Crippen LogP contribution is 2.32. The van der Waals surface area contributed by atoms with Gasteiger partial charge in [0.1, 0.15) is 11.4 Å². The summed E-state index contributed by atoms with van der Waals surface area (Å²) in [5.41, 5.74) is 6.36. The number of ether oxygens (including phenoxy) is 1. The van der Waals surface area contributed by atoms with Crippen LogP contribution in [0.25, 0.3) is 10.8 Å². The van der Waals surface area contributed by atoms with Crippen molar-refractivity contribution in [3.8, 4) is 5.75 Å². The maximum absolute atomic E-state index is 12.3. The standard InChI is InChI=1S/C34H33ClN2O3/c1-23-9-6-13-28(17-23)37(21-27-12-7-11-26-10-4-5-14-31(26)27)29-20-32(34(38)39)36(22-29)15-8-16-40-30-18-24(2)33(35)25(3)19-30/h4-7,9-14,17-20,22H,8,15-16,21H2,1-3H3,(H,38,39). The summed E-state index contributed by atoms with van der Waals surface area (Å²) in [6, 6.07) is 28.6. The van der Waals surface area contributed by atoms with E-state index in [1.54, 1.807) is 6.07 Å². The van der Waals surface area contributed by atoms with Crippen molar-refractivity contribution >= 4 is 39.7 Å². The topological polar surface area (TPSA) is 54.7 Å². The number of aromatic nitrogens is 1. The molecule has 0 unspecified atom stereocenters. The van der Waals surface area contributed by atoms with E-state index in [9.17, 15) is 9.90 Å². The Bertz CT molecular complexity index is 1650. The Hall–Kier alpha value is -4.22. The summed E-state index contributed by atoms with van der Waals surface area (Å²) in [5.74, 6) is -0.183. The van der Waals surface area contributed by atoms with Gasteiger partial charge in [0.05, 0.1) is 12.3 Å². The molecule has 4 aromatic carbocycles. The maximum Gasteiger partial charge on any atom is 0.352 e. The third-order valence-electron chi connectivity index (χ3n) is 7.16. The first-order valence-corrected chi connectivity index (χ1v) is 13.8. The molecule has 1 N–H and O–H groups in total. The highest BCUT2D eigenvalue weighted by atomic mass is 35.5. The second kappa shape index (κ2) is 11.9. The van der Waals surface area contributed by atoms with Gasteiger partial charge in [-0.1, -0.05) is 66.2 Å². The number of anilines is 2. The number of rotatable bonds is 10. The van der Waals surface area contributed by atoms with Gasteiger partial charge in [-0.05, 0) is 90.6 Å². The van der Waals surface area contributed by atoms with Crippen molar-refractivity contribution in [1.29, 1.82) is 0 Å². The van der Waals surface area contributed by atoms with Gasteiger partial charge in [-0.2, -0.15) is 0 Å². The minimum absolute atomic E-state index is 0.253. The van der Waals surface area contributed by atoms with Crippen molar-refractivity contribution in [1.82, 2.24) is 4.57 Å². The van der Waals surface area contributed by atoms with Crippen LogP contribution in [0, 0.1) is 20.8 Å². The van der Waals surface area contributed by atoms with Gasteiger partial charge in [0.25, 0.3) is 0 Å². The van der Waals surface area contributed by atoms with Gasteiger partial charge in [0.15, 0.2) is 0 Å². The van der Waals surface area contributed by atoms with E-state index in [2.05, 4.69) is 66.4 Å². The molecule has 0 aliphatic carbocycles. The van der Waals surface area contributed by atoms with Crippen LogP contribution in [-0.2, 0) is 13.1 Å². The number of hydrogen-bond acceptors (Lipinski definition) is 3. The van der Waals surface area contributed by atoms with Crippen molar-refractivity contribution in [2.45, 2.75) is 40.3 Å². The fourth-order valence-electron chi connectivity index (χ4n) is 5.15. The van der Waals surface area contributed by atoms with Crippen LogP contribution >= 0.6 is 11.6 Å². The summed E-state index contributed by atoms with van der Waals surface area (Å²) in [7, 11) is 0. The average Bonchev–Trinajstić information content (AvgIpc) is 3.37. The summed E-state index contributed by atoms with van der Waals surface area (Å²) in [6.07, 6.45) is 2.59. The monoisotopic (exact) mass is 552 g/mol. The third kappa shape index (κ3) is 6.00. The maximum atomic E-state index is 12.3. The van der Waals surface area contributed by atoms with Crippen LogP contribution in [0.15, 0.2) is 91.1 Å². The minimum Gasteiger partial charge on any atom is -0.494 e. The predicted octanol–water partition coefficient (Wildman–Crippen LogP) is 8.73. The van der Waals surface area contributed by atoms with Crippen LogP contribution in [0.3, 0.4) is 0 Å². The lowest BCUT2D eigenvalue weighted by Gasteiger charge is -2.25. The van der Waals surface area contributed by atoms with Crippen LogP contribution in [0.5, 0.6) is 5.75 Å². The molecular formula is C34H33ClN2O3. The van der Waals surface area contributed by atoms with Crippen molar-refractivity contribution in [2.24, 2.45) is 0 Å². The summed E-state index contributed by atoms with van der Waals surface area (Å²) in [5, 5.41) is 13.2. The zero-order valence-corrected chi connectivity index (χ0v) is 23.8. The van der Waals surface area contributed by atoms with E-state index in [1.807, 2.05) is 48.9 Å². The number of benzene rings is 4. The number of carboxylic acids is 1. The van der Waals surface area contributed by atoms with E-state index in [1.165, 1.54) is 16.3 Å². The van der Waals surface area contributed by atoms with E-state index in [0.717, 1.165) is 38.8 Å². The summed E-state index contributed by atoms with van der Waals surface area (Å²) in [6.45, 7) is 7.57. The molecule has 1 aromatic heterocycles. The largest absolute Gasteiger partial charge is 0.494 e. The Kier molecular flexibility index (Phi) is 8.13. The molecule has 0 amide bonds. The molecule has 40 heavy (non-hydrogen) atoms. The molecule has 1 heterocycles. The van der Waals surface area contributed by atoms with E-state index >= 15 is 0 Å². The third-order valence-corrected chi connectivity index (χ3v) is 7.75. The van der Waals surface area contributed by atoms with E-state index in [4.69, 9.17) is 16.3 Å². The number of carbonyl (C=O) groups is 1. The lowest BCUT2D eigenvalue weighted by Crippen LogP contribution is -2.16. The second-order valence-electron chi connectivity index (χ2n) is 10.2. The van der Waals surface area contributed by atoms with Gasteiger partial charge < -0.3 is 19.3 Å². The van der Waals surface area contributed by atoms with Gasteiger partial charge in [-0.15, -0.1) is 0 Å². The first-order valence-electron chi connectivity index (χ1n) is 13.4. The lowest BCUT2D eigenvalue weighted by atomic mass is 10.0. The molecular weight excluding hydrogens is 520 g/mol. The fourth-order valence-corrected chi connectivity index (χ4v) is 5.26. The molecule has 0 radical (unpaired) electrons.